The molecule has 0 spiro atoms. The molecule has 3 aromatic heterocycles. The number of para-hydroxylation sites is 1. The Morgan fingerprint density at radius 3 is 2.94 bits per heavy atom. The van der Waals surface area contributed by atoms with Gasteiger partial charge in [-0.3, -0.25) is 4.79 Å². The fourth-order valence-corrected chi connectivity index (χ4v) is 4.66. The Balaban J connectivity index is 1.15. The summed E-state index contributed by atoms with van der Waals surface area (Å²) in [5.74, 6) is 2.22. The van der Waals surface area contributed by atoms with Crippen molar-refractivity contribution in [2.24, 2.45) is 5.92 Å². The summed E-state index contributed by atoms with van der Waals surface area (Å²) < 4.78 is 13.7. The van der Waals surface area contributed by atoms with Gasteiger partial charge >= 0.3 is 0 Å². The summed E-state index contributed by atoms with van der Waals surface area (Å²) in [6.07, 6.45) is 7.89. The van der Waals surface area contributed by atoms with Gasteiger partial charge < -0.3 is 14.1 Å². The van der Waals surface area contributed by atoms with Gasteiger partial charge in [0.15, 0.2) is 11.4 Å². The number of carbonyl (C=O) groups is 1. The van der Waals surface area contributed by atoms with Crippen LogP contribution in [0.2, 0.25) is 0 Å². The summed E-state index contributed by atoms with van der Waals surface area (Å²) in [6.45, 7) is 1.42. The van der Waals surface area contributed by atoms with Crippen molar-refractivity contribution in [1.82, 2.24) is 19.5 Å². The Labute approximate surface area is 186 Å². The van der Waals surface area contributed by atoms with Crippen LogP contribution in [0.5, 0.6) is 5.88 Å². The Hall–Kier alpha value is -3.35. The summed E-state index contributed by atoms with van der Waals surface area (Å²) in [5.41, 5.74) is 2.36. The monoisotopic (exact) mass is 430 g/mol. The van der Waals surface area contributed by atoms with Gasteiger partial charge in [-0.15, -0.1) is 5.10 Å². The van der Waals surface area contributed by atoms with Crippen LogP contribution in [0.15, 0.2) is 53.1 Å². The summed E-state index contributed by atoms with van der Waals surface area (Å²) in [7, 11) is 0. The lowest BCUT2D eigenvalue weighted by Crippen LogP contribution is -2.36. The summed E-state index contributed by atoms with van der Waals surface area (Å²) in [6, 6.07) is 13.9. The number of likely N-dealkylation sites (tertiary alicyclic amines) is 1. The number of ether oxygens (including phenoxy) is 1. The van der Waals surface area contributed by atoms with Crippen molar-refractivity contribution in [2.45, 2.75) is 44.6 Å². The van der Waals surface area contributed by atoms with Crippen LogP contribution in [0.4, 0.5) is 0 Å². The lowest BCUT2D eigenvalue weighted by atomic mass is 10.1. The lowest BCUT2D eigenvalue weighted by molar-refractivity contribution is -0.132. The Morgan fingerprint density at radius 1 is 1.16 bits per heavy atom. The SMILES string of the molecule is O=C(CC1CC1)N1CCCC1CCOc1ccc2ncc(-c3cc4ccccc4o3)n2n1. The van der Waals surface area contributed by atoms with Crippen LogP contribution in [-0.4, -0.2) is 44.6 Å². The van der Waals surface area contributed by atoms with Gasteiger partial charge in [0.1, 0.15) is 11.3 Å². The Bertz CT molecular complexity index is 1240. The number of rotatable bonds is 7. The van der Waals surface area contributed by atoms with Gasteiger partial charge in [0.25, 0.3) is 0 Å². The number of hydrogen-bond acceptors (Lipinski definition) is 5. The molecule has 0 bridgehead atoms. The second kappa shape index (κ2) is 7.97. The molecule has 4 aromatic rings. The zero-order valence-corrected chi connectivity index (χ0v) is 17.9. The normalized spacial score (nSPS) is 18.6. The minimum atomic E-state index is 0.282. The topological polar surface area (TPSA) is 72.9 Å². The van der Waals surface area contributed by atoms with E-state index in [0.717, 1.165) is 60.3 Å². The van der Waals surface area contributed by atoms with Crippen molar-refractivity contribution in [3.05, 3.63) is 48.7 Å². The molecule has 32 heavy (non-hydrogen) atoms. The number of carbonyl (C=O) groups excluding carboxylic acids is 1. The van der Waals surface area contributed by atoms with Crippen LogP contribution in [0.3, 0.4) is 0 Å². The summed E-state index contributed by atoms with van der Waals surface area (Å²) >= 11 is 0. The highest BCUT2D eigenvalue weighted by atomic mass is 16.5. The molecule has 1 amide bonds. The van der Waals surface area contributed by atoms with E-state index < -0.39 is 0 Å². The van der Waals surface area contributed by atoms with Crippen LogP contribution < -0.4 is 4.74 Å². The lowest BCUT2D eigenvalue weighted by Gasteiger charge is -2.24. The van der Waals surface area contributed by atoms with Gasteiger partial charge in [-0.2, -0.15) is 0 Å². The highest BCUT2D eigenvalue weighted by Crippen LogP contribution is 2.34. The average molecular weight is 431 g/mol. The zero-order valence-electron chi connectivity index (χ0n) is 17.9. The van der Waals surface area contributed by atoms with Crippen LogP contribution in [0.1, 0.15) is 38.5 Å². The first kappa shape index (κ1) is 19.3. The number of imidazole rings is 1. The molecular weight excluding hydrogens is 404 g/mol. The van der Waals surface area contributed by atoms with Crippen molar-refractivity contribution in [1.29, 1.82) is 0 Å². The number of aromatic nitrogens is 3. The third kappa shape index (κ3) is 3.72. The van der Waals surface area contributed by atoms with Crippen molar-refractivity contribution < 1.29 is 13.9 Å². The molecule has 1 atom stereocenters. The highest BCUT2D eigenvalue weighted by Gasteiger charge is 2.32. The molecule has 0 radical (unpaired) electrons. The van der Waals surface area contributed by atoms with Crippen molar-refractivity contribution in [3.63, 3.8) is 0 Å². The first-order chi connectivity index (χ1) is 15.7. The molecule has 164 valence electrons. The number of nitrogens with zero attached hydrogens (tertiary/aromatic N) is 4. The van der Waals surface area contributed by atoms with E-state index in [2.05, 4.69) is 15.0 Å². The van der Waals surface area contributed by atoms with Crippen LogP contribution >= 0.6 is 0 Å². The van der Waals surface area contributed by atoms with Crippen molar-refractivity contribution in [2.75, 3.05) is 13.2 Å². The van der Waals surface area contributed by atoms with E-state index in [1.54, 1.807) is 10.7 Å². The molecule has 7 nitrogen and oxygen atoms in total. The molecule has 4 heterocycles. The highest BCUT2D eigenvalue weighted by molar-refractivity contribution is 5.82. The predicted molar refractivity (Wildman–Crippen MR) is 120 cm³/mol. The maximum atomic E-state index is 12.5. The Kier molecular flexibility index (Phi) is 4.82. The van der Waals surface area contributed by atoms with Crippen molar-refractivity contribution in [3.8, 4) is 17.3 Å². The molecule has 6 rings (SSSR count). The van der Waals surface area contributed by atoms with E-state index in [0.29, 0.717) is 24.3 Å². The smallest absolute Gasteiger partial charge is 0.231 e. The molecular formula is C25H26N4O3. The van der Waals surface area contributed by atoms with Gasteiger partial charge in [0.05, 0.1) is 12.8 Å². The maximum absolute atomic E-state index is 12.5. The van der Waals surface area contributed by atoms with E-state index in [1.807, 2.05) is 42.5 Å². The number of hydrogen-bond donors (Lipinski definition) is 0. The number of fused-ring (bicyclic) bond motifs is 2. The van der Waals surface area contributed by atoms with E-state index in [9.17, 15) is 4.79 Å². The quantitative estimate of drug-likeness (QED) is 0.425. The molecule has 0 N–H and O–H groups in total. The van der Waals surface area contributed by atoms with E-state index in [-0.39, 0.29) is 6.04 Å². The third-order valence-corrected chi connectivity index (χ3v) is 6.57. The minimum Gasteiger partial charge on any atom is -0.477 e. The fourth-order valence-electron chi connectivity index (χ4n) is 4.66. The van der Waals surface area contributed by atoms with Gasteiger partial charge in [0.2, 0.25) is 11.8 Å². The molecule has 1 saturated heterocycles. The molecule has 1 unspecified atom stereocenters. The molecule has 2 fully saturated rings. The predicted octanol–water partition coefficient (Wildman–Crippen LogP) is 4.70. The number of furan rings is 1. The summed E-state index contributed by atoms with van der Waals surface area (Å²) in [5, 5.41) is 5.68. The molecule has 7 heteroatoms. The summed E-state index contributed by atoms with van der Waals surface area (Å²) in [4.78, 5) is 19.1. The number of benzene rings is 1. The second-order valence-electron chi connectivity index (χ2n) is 8.90. The largest absolute Gasteiger partial charge is 0.477 e. The first-order valence-electron chi connectivity index (χ1n) is 11.5. The second-order valence-corrected chi connectivity index (χ2v) is 8.90. The molecule has 1 aliphatic carbocycles. The minimum absolute atomic E-state index is 0.282. The third-order valence-electron chi connectivity index (χ3n) is 6.57. The molecule has 2 aliphatic rings. The van der Waals surface area contributed by atoms with Gasteiger partial charge in [0, 0.05) is 36.9 Å². The van der Waals surface area contributed by atoms with Crippen LogP contribution in [-0.2, 0) is 4.79 Å². The van der Waals surface area contributed by atoms with Crippen LogP contribution in [0, 0.1) is 5.92 Å². The zero-order chi connectivity index (χ0) is 21.5. The van der Waals surface area contributed by atoms with Crippen molar-refractivity contribution >= 4 is 22.5 Å². The fraction of sp³-hybridized carbons (Fsp3) is 0.400. The van der Waals surface area contributed by atoms with Gasteiger partial charge in [-0.25, -0.2) is 9.50 Å². The van der Waals surface area contributed by atoms with Gasteiger partial charge in [-0.1, -0.05) is 18.2 Å². The average Bonchev–Trinajstić information content (AvgIpc) is 3.19. The van der Waals surface area contributed by atoms with E-state index in [4.69, 9.17) is 9.15 Å². The number of amides is 1. The molecule has 1 aromatic carbocycles. The molecule has 1 aliphatic heterocycles. The standard InChI is InChI=1S/C25H26N4O3/c30-25(14-17-7-8-17)28-12-3-5-19(28)11-13-31-24-10-9-23-26-16-20(29(23)27-24)22-15-18-4-1-2-6-21(18)32-22/h1-2,4,6,9-10,15-17,19H,3,5,7-8,11-14H2. The maximum Gasteiger partial charge on any atom is 0.231 e. The molecule has 1 saturated carbocycles. The Morgan fingerprint density at radius 2 is 2.06 bits per heavy atom. The van der Waals surface area contributed by atoms with Crippen LogP contribution in [0.25, 0.3) is 28.1 Å². The van der Waals surface area contributed by atoms with E-state index >= 15 is 0 Å². The first-order valence-corrected chi connectivity index (χ1v) is 11.5. The van der Waals surface area contributed by atoms with Gasteiger partial charge in [-0.05, 0) is 49.8 Å². The van der Waals surface area contributed by atoms with E-state index in [1.165, 1.54) is 12.8 Å².